The highest BCUT2D eigenvalue weighted by Gasteiger charge is 2.35. The fourth-order valence-electron chi connectivity index (χ4n) is 3.28. The largest absolute Gasteiger partial charge is 0.324 e. The summed E-state index contributed by atoms with van der Waals surface area (Å²) in [6, 6.07) is 14.4. The predicted molar refractivity (Wildman–Crippen MR) is 119 cm³/mol. The summed E-state index contributed by atoms with van der Waals surface area (Å²) in [5, 5.41) is 2.78. The molecule has 1 heterocycles. The van der Waals surface area contributed by atoms with E-state index in [1.165, 1.54) is 28.2 Å². The minimum Gasteiger partial charge on any atom is -0.324 e. The van der Waals surface area contributed by atoms with Crippen LogP contribution in [0.15, 0.2) is 59.5 Å². The molecule has 0 aliphatic carbocycles. The number of nitrogens with one attached hydrogen (secondary N) is 1. The number of hydrogen-bond acceptors (Lipinski definition) is 5. The Kier molecular flexibility index (Phi) is 7.17. The zero-order valence-electron chi connectivity index (χ0n) is 16.9. The molecular weight excluding hydrogens is 422 g/mol. The van der Waals surface area contributed by atoms with Gasteiger partial charge in [-0.15, -0.1) is 11.8 Å². The van der Waals surface area contributed by atoms with Crippen molar-refractivity contribution in [2.75, 3.05) is 30.0 Å². The van der Waals surface area contributed by atoms with Crippen LogP contribution in [0.3, 0.4) is 0 Å². The van der Waals surface area contributed by atoms with E-state index in [0.717, 1.165) is 0 Å². The number of hydrogen-bond donors (Lipinski definition) is 1. The van der Waals surface area contributed by atoms with Crippen molar-refractivity contribution < 1.29 is 18.0 Å². The van der Waals surface area contributed by atoms with Crippen LogP contribution in [-0.4, -0.2) is 60.2 Å². The van der Waals surface area contributed by atoms with Crippen molar-refractivity contribution in [2.24, 2.45) is 0 Å². The molecule has 1 fully saturated rings. The molecule has 1 aliphatic rings. The lowest BCUT2D eigenvalue weighted by molar-refractivity contribution is -0.119. The van der Waals surface area contributed by atoms with Crippen LogP contribution < -0.4 is 5.32 Å². The average molecular weight is 448 g/mol. The van der Waals surface area contributed by atoms with Crippen molar-refractivity contribution in [3.8, 4) is 0 Å². The summed E-state index contributed by atoms with van der Waals surface area (Å²) in [4.78, 5) is 27.4. The van der Waals surface area contributed by atoms with Crippen LogP contribution in [0.25, 0.3) is 0 Å². The van der Waals surface area contributed by atoms with Crippen LogP contribution >= 0.6 is 11.8 Å². The second-order valence-electron chi connectivity index (χ2n) is 6.76. The highest BCUT2D eigenvalue weighted by Crippen LogP contribution is 2.25. The fourth-order valence-corrected chi connectivity index (χ4v) is 5.94. The maximum atomic E-state index is 12.9. The zero-order valence-corrected chi connectivity index (χ0v) is 18.6. The summed E-state index contributed by atoms with van der Waals surface area (Å²) in [6.45, 7) is 4.29. The third kappa shape index (κ3) is 4.69. The van der Waals surface area contributed by atoms with Gasteiger partial charge in [-0.25, -0.2) is 8.42 Å². The highest BCUT2D eigenvalue weighted by molar-refractivity contribution is 7.99. The molecule has 3 rings (SSSR count). The quantitative estimate of drug-likeness (QED) is 0.705. The lowest BCUT2D eigenvalue weighted by Crippen LogP contribution is -2.44. The van der Waals surface area contributed by atoms with Gasteiger partial charge < -0.3 is 10.2 Å². The summed E-state index contributed by atoms with van der Waals surface area (Å²) in [5.41, 5.74) is 0.919. The van der Waals surface area contributed by atoms with Gasteiger partial charge in [0.2, 0.25) is 15.9 Å². The van der Waals surface area contributed by atoms with E-state index in [1.54, 1.807) is 55.1 Å². The molecule has 0 unspecified atom stereocenters. The van der Waals surface area contributed by atoms with E-state index in [1.807, 2.05) is 6.07 Å². The van der Waals surface area contributed by atoms with Gasteiger partial charge in [0.15, 0.2) is 0 Å². The van der Waals surface area contributed by atoms with Crippen molar-refractivity contribution in [3.63, 3.8) is 0 Å². The Labute approximate surface area is 181 Å². The second kappa shape index (κ2) is 9.63. The van der Waals surface area contributed by atoms with Crippen molar-refractivity contribution >= 4 is 39.3 Å². The second-order valence-corrected chi connectivity index (χ2v) is 9.70. The molecule has 1 atom stereocenters. The van der Waals surface area contributed by atoms with Gasteiger partial charge in [0, 0.05) is 30.1 Å². The number of carbonyl (C=O) groups is 2. The lowest BCUT2D eigenvalue weighted by Gasteiger charge is -2.23. The van der Waals surface area contributed by atoms with Crippen molar-refractivity contribution in [3.05, 3.63) is 60.2 Å². The molecule has 9 heteroatoms. The molecule has 0 aromatic heterocycles. The molecule has 160 valence electrons. The van der Waals surface area contributed by atoms with Crippen LogP contribution in [0.2, 0.25) is 0 Å². The normalized spacial score (nSPS) is 16.6. The average Bonchev–Trinajstić information content (AvgIpc) is 3.25. The molecule has 2 aromatic rings. The third-order valence-corrected chi connectivity index (χ3v) is 7.97. The number of amides is 2. The van der Waals surface area contributed by atoms with Crippen LogP contribution in [0, 0.1) is 0 Å². The van der Waals surface area contributed by atoms with Crippen molar-refractivity contribution in [1.29, 1.82) is 0 Å². The van der Waals surface area contributed by atoms with E-state index in [-0.39, 0.29) is 16.7 Å². The molecule has 30 heavy (non-hydrogen) atoms. The SMILES string of the molecule is CCN(CC)S(=O)(=O)c1cccc(NC(=O)[C@H]2CSCN2C(=O)c2ccccc2)c1. The number of nitrogens with zero attached hydrogens (tertiary/aromatic N) is 2. The maximum absolute atomic E-state index is 12.9. The first kappa shape index (κ1) is 22.3. The van der Waals surface area contributed by atoms with E-state index in [9.17, 15) is 18.0 Å². The third-order valence-electron chi connectivity index (χ3n) is 4.91. The smallest absolute Gasteiger partial charge is 0.255 e. The molecule has 0 radical (unpaired) electrons. The Morgan fingerprint density at radius 1 is 1.10 bits per heavy atom. The van der Waals surface area contributed by atoms with Gasteiger partial charge in [0.1, 0.15) is 6.04 Å². The molecule has 1 aliphatic heterocycles. The number of thioether (sulfide) groups is 1. The molecule has 7 nitrogen and oxygen atoms in total. The standard InChI is InChI=1S/C21H25N3O4S2/c1-3-23(4-2)30(27,28)18-12-8-11-17(13-18)22-20(25)19-14-29-15-24(19)21(26)16-9-6-5-7-10-16/h5-13,19H,3-4,14-15H2,1-2H3,(H,22,25)/t19-/m1/s1. The van der Waals surface area contributed by atoms with Crippen LogP contribution in [-0.2, 0) is 14.8 Å². The van der Waals surface area contributed by atoms with Crippen molar-refractivity contribution in [2.45, 2.75) is 24.8 Å². The van der Waals surface area contributed by atoms with Gasteiger partial charge in [-0.05, 0) is 30.3 Å². The van der Waals surface area contributed by atoms with Gasteiger partial charge in [-0.2, -0.15) is 4.31 Å². The Morgan fingerprint density at radius 2 is 1.80 bits per heavy atom. The van der Waals surface area contributed by atoms with Gasteiger partial charge in [-0.3, -0.25) is 9.59 Å². The zero-order chi connectivity index (χ0) is 21.7. The number of carbonyl (C=O) groups excluding carboxylic acids is 2. The van der Waals surface area contributed by atoms with Crippen LogP contribution in [0.4, 0.5) is 5.69 Å². The summed E-state index contributed by atoms with van der Waals surface area (Å²) in [7, 11) is -3.63. The minimum atomic E-state index is -3.63. The Bertz CT molecular complexity index is 1010. The van der Waals surface area contributed by atoms with Gasteiger partial charge in [0.05, 0.1) is 10.8 Å². The number of rotatable bonds is 7. The monoisotopic (exact) mass is 447 g/mol. The van der Waals surface area contributed by atoms with Gasteiger partial charge >= 0.3 is 0 Å². The van der Waals surface area contributed by atoms with E-state index in [2.05, 4.69) is 5.32 Å². The maximum Gasteiger partial charge on any atom is 0.255 e. The molecule has 1 N–H and O–H groups in total. The molecule has 0 saturated carbocycles. The van der Waals surface area contributed by atoms with Gasteiger partial charge in [0.25, 0.3) is 5.91 Å². The first-order chi connectivity index (χ1) is 14.4. The number of sulfonamides is 1. The van der Waals surface area contributed by atoms with E-state index in [4.69, 9.17) is 0 Å². The molecule has 0 spiro atoms. The molecule has 0 bridgehead atoms. The summed E-state index contributed by atoms with van der Waals surface area (Å²) in [6.07, 6.45) is 0. The highest BCUT2D eigenvalue weighted by atomic mass is 32.2. The molecule has 2 amide bonds. The first-order valence-corrected chi connectivity index (χ1v) is 12.3. The van der Waals surface area contributed by atoms with E-state index < -0.39 is 16.1 Å². The summed E-state index contributed by atoms with van der Waals surface area (Å²) < 4.78 is 26.9. The van der Waals surface area contributed by atoms with Crippen molar-refractivity contribution in [1.82, 2.24) is 9.21 Å². The van der Waals surface area contributed by atoms with Crippen LogP contribution in [0.5, 0.6) is 0 Å². The summed E-state index contributed by atoms with van der Waals surface area (Å²) >= 11 is 1.51. The topological polar surface area (TPSA) is 86.8 Å². The lowest BCUT2D eigenvalue weighted by atomic mass is 10.1. The Balaban J connectivity index is 1.77. The molecule has 1 saturated heterocycles. The Morgan fingerprint density at radius 3 is 2.47 bits per heavy atom. The predicted octanol–water partition coefficient (Wildman–Crippen LogP) is 2.87. The van der Waals surface area contributed by atoms with Crippen LogP contribution in [0.1, 0.15) is 24.2 Å². The van der Waals surface area contributed by atoms with E-state index >= 15 is 0 Å². The Hall–Kier alpha value is -2.36. The molecule has 2 aromatic carbocycles. The fraction of sp³-hybridized carbons (Fsp3) is 0.333. The first-order valence-electron chi connectivity index (χ1n) is 9.73. The van der Waals surface area contributed by atoms with E-state index in [0.29, 0.717) is 36.0 Å². The molecular formula is C21H25N3O4S2. The number of benzene rings is 2. The summed E-state index contributed by atoms with van der Waals surface area (Å²) in [5.74, 6) is 0.393. The minimum absolute atomic E-state index is 0.127. The van der Waals surface area contributed by atoms with Gasteiger partial charge in [-0.1, -0.05) is 38.1 Å². The number of anilines is 1.